The van der Waals surface area contributed by atoms with Crippen LogP contribution < -0.4 is 26.8 Å². The zero-order valence-corrected chi connectivity index (χ0v) is 18.4. The van der Waals surface area contributed by atoms with E-state index in [1.54, 1.807) is 0 Å². The predicted molar refractivity (Wildman–Crippen MR) is 115 cm³/mol. The fourth-order valence-electron chi connectivity index (χ4n) is 5.02. The number of rotatable bonds is 6. The summed E-state index contributed by atoms with van der Waals surface area (Å²) in [6, 6.07) is 1.15. The lowest BCUT2D eigenvalue weighted by atomic mass is 9.83. The van der Waals surface area contributed by atoms with E-state index < -0.39 is 0 Å². The lowest BCUT2D eigenvalue weighted by molar-refractivity contribution is -0.124. The zero-order chi connectivity index (χ0) is 19.7. The van der Waals surface area contributed by atoms with E-state index >= 15 is 0 Å². The highest BCUT2D eigenvalue weighted by Crippen LogP contribution is 2.36. The van der Waals surface area contributed by atoms with E-state index in [0.29, 0.717) is 34.8 Å². The maximum atomic E-state index is 12.9. The largest absolute Gasteiger partial charge is 0.352 e. The number of hydrogen-bond acceptors (Lipinski definition) is 7. The van der Waals surface area contributed by atoms with Crippen molar-refractivity contribution in [2.45, 2.75) is 87.3 Å². The van der Waals surface area contributed by atoms with E-state index in [9.17, 15) is 4.79 Å². The molecule has 0 bridgehead atoms. The van der Waals surface area contributed by atoms with Crippen LogP contribution in [0.2, 0.25) is 0 Å². The SMILES string of the molecule is CC1NCC(C(=O)NC2CCCC([C@H](C)SC3NNCN3C)C2)NC1C1CC1. The number of thioether (sulfide) groups is 1. The molecule has 0 aromatic carbocycles. The number of nitrogens with zero attached hydrogens (tertiary/aromatic N) is 1. The Morgan fingerprint density at radius 2 is 2.07 bits per heavy atom. The van der Waals surface area contributed by atoms with E-state index in [1.165, 1.54) is 25.7 Å². The summed E-state index contributed by atoms with van der Waals surface area (Å²) < 4.78 is 0. The molecule has 7 nitrogen and oxygen atoms in total. The number of amides is 1. The molecule has 0 aromatic heterocycles. The summed E-state index contributed by atoms with van der Waals surface area (Å²) in [5.74, 6) is 1.61. The predicted octanol–water partition coefficient (Wildman–Crippen LogP) is 0.792. The van der Waals surface area contributed by atoms with Gasteiger partial charge in [-0.1, -0.05) is 13.3 Å². The van der Waals surface area contributed by atoms with Crippen molar-refractivity contribution in [3.8, 4) is 0 Å². The van der Waals surface area contributed by atoms with Gasteiger partial charge in [0.1, 0.15) is 5.50 Å². The second-order valence-corrected chi connectivity index (χ2v) is 10.8. The average Bonchev–Trinajstić information content (AvgIpc) is 3.45. The van der Waals surface area contributed by atoms with Gasteiger partial charge in [-0.05, 0) is 57.9 Å². The minimum atomic E-state index is -0.0867. The Hall–Kier alpha value is -0.380. The molecule has 5 N–H and O–H groups in total. The Labute approximate surface area is 173 Å². The second-order valence-electron chi connectivity index (χ2n) is 9.34. The topological polar surface area (TPSA) is 80.5 Å². The zero-order valence-electron chi connectivity index (χ0n) is 17.5. The number of hydrazine groups is 1. The van der Waals surface area contributed by atoms with E-state index in [1.807, 2.05) is 11.8 Å². The summed E-state index contributed by atoms with van der Waals surface area (Å²) in [4.78, 5) is 15.2. The quantitative estimate of drug-likeness (QED) is 0.443. The third kappa shape index (κ3) is 5.02. The molecular weight excluding hydrogens is 372 g/mol. The molecule has 28 heavy (non-hydrogen) atoms. The van der Waals surface area contributed by atoms with Crippen molar-refractivity contribution >= 4 is 17.7 Å². The molecule has 0 radical (unpaired) electrons. The van der Waals surface area contributed by atoms with Crippen LogP contribution >= 0.6 is 11.8 Å². The molecule has 2 aliphatic heterocycles. The lowest BCUT2D eigenvalue weighted by Crippen LogP contribution is -2.65. The summed E-state index contributed by atoms with van der Waals surface area (Å²) in [6.07, 6.45) is 7.31. The molecular formula is C20H38N6OS. The van der Waals surface area contributed by atoms with Crippen LogP contribution in [0.1, 0.15) is 52.4 Å². The highest BCUT2D eigenvalue weighted by molar-refractivity contribution is 8.00. The molecule has 2 aliphatic carbocycles. The summed E-state index contributed by atoms with van der Waals surface area (Å²) in [6.45, 7) is 6.21. The van der Waals surface area contributed by atoms with E-state index in [2.05, 4.69) is 52.6 Å². The van der Waals surface area contributed by atoms with Crippen LogP contribution in [0.4, 0.5) is 0 Å². The first-order valence-electron chi connectivity index (χ1n) is 11.1. The third-order valence-corrected chi connectivity index (χ3v) is 8.60. The van der Waals surface area contributed by atoms with Gasteiger partial charge in [0.05, 0.1) is 12.7 Å². The molecule has 4 rings (SSSR count). The molecule has 8 heteroatoms. The first kappa shape index (κ1) is 20.9. The van der Waals surface area contributed by atoms with Crippen molar-refractivity contribution in [2.24, 2.45) is 11.8 Å². The first-order chi connectivity index (χ1) is 13.5. The van der Waals surface area contributed by atoms with Crippen molar-refractivity contribution in [1.82, 2.24) is 31.7 Å². The fourth-order valence-corrected chi connectivity index (χ4v) is 6.33. The summed E-state index contributed by atoms with van der Waals surface area (Å²) in [5, 5.41) is 11.2. The molecule has 1 amide bonds. The molecule has 7 atom stereocenters. The van der Waals surface area contributed by atoms with Gasteiger partial charge in [-0.25, -0.2) is 10.9 Å². The normalized spacial score (nSPS) is 41.0. The number of hydrogen-bond donors (Lipinski definition) is 5. The van der Waals surface area contributed by atoms with Crippen molar-refractivity contribution in [2.75, 3.05) is 20.3 Å². The van der Waals surface area contributed by atoms with Gasteiger partial charge in [-0.15, -0.1) is 11.8 Å². The van der Waals surface area contributed by atoms with Crippen molar-refractivity contribution < 1.29 is 4.79 Å². The van der Waals surface area contributed by atoms with E-state index in [0.717, 1.165) is 32.0 Å². The Morgan fingerprint density at radius 1 is 1.25 bits per heavy atom. The molecule has 2 saturated carbocycles. The monoisotopic (exact) mass is 410 g/mol. The molecule has 4 fully saturated rings. The van der Waals surface area contributed by atoms with Gasteiger partial charge in [0.2, 0.25) is 5.91 Å². The van der Waals surface area contributed by atoms with Crippen molar-refractivity contribution in [3.05, 3.63) is 0 Å². The van der Waals surface area contributed by atoms with Crippen LogP contribution in [0.5, 0.6) is 0 Å². The summed E-state index contributed by atoms with van der Waals surface area (Å²) in [7, 11) is 2.14. The van der Waals surface area contributed by atoms with Crippen LogP contribution in [0.25, 0.3) is 0 Å². The third-order valence-electron chi connectivity index (χ3n) is 7.05. The Morgan fingerprint density at radius 3 is 2.79 bits per heavy atom. The molecule has 4 aliphatic rings. The molecule has 0 aromatic rings. The van der Waals surface area contributed by atoms with Crippen LogP contribution in [0, 0.1) is 11.8 Å². The molecule has 0 spiro atoms. The standard InChI is InChI=1S/C20H38N6OS/c1-12-18(14-7-8-14)24-17(10-21-12)19(27)23-16-6-4-5-15(9-16)13(2)28-20-25-22-11-26(20)3/h12-18,20-22,24-25H,4-11H2,1-3H3,(H,23,27)/t12?,13-,15?,16?,17?,18?,20?/m0/s1. The molecule has 6 unspecified atom stereocenters. The van der Waals surface area contributed by atoms with Crippen molar-refractivity contribution in [1.29, 1.82) is 0 Å². The number of carbonyl (C=O) groups excluding carboxylic acids is 1. The van der Waals surface area contributed by atoms with Crippen LogP contribution in [0.3, 0.4) is 0 Å². The Balaban J connectivity index is 1.25. The van der Waals surface area contributed by atoms with Gasteiger partial charge < -0.3 is 16.0 Å². The highest BCUT2D eigenvalue weighted by Gasteiger charge is 2.40. The fraction of sp³-hybridized carbons (Fsp3) is 0.950. The van der Waals surface area contributed by atoms with Gasteiger partial charge in [0, 0.05) is 29.9 Å². The van der Waals surface area contributed by atoms with Gasteiger partial charge in [0.25, 0.3) is 0 Å². The Kier molecular flexibility index (Phi) is 6.85. The van der Waals surface area contributed by atoms with Crippen LogP contribution in [-0.2, 0) is 4.79 Å². The second kappa shape index (κ2) is 9.18. The van der Waals surface area contributed by atoms with Crippen molar-refractivity contribution in [3.63, 3.8) is 0 Å². The number of carbonyl (C=O) groups is 1. The highest BCUT2D eigenvalue weighted by atomic mass is 32.2. The number of nitrogens with one attached hydrogen (secondary N) is 5. The number of piperazine rings is 1. The van der Waals surface area contributed by atoms with Gasteiger partial charge in [-0.2, -0.15) is 0 Å². The smallest absolute Gasteiger partial charge is 0.238 e. The average molecular weight is 411 g/mol. The molecule has 160 valence electrons. The maximum absolute atomic E-state index is 12.9. The Bertz CT molecular complexity index is 547. The summed E-state index contributed by atoms with van der Waals surface area (Å²) in [5.41, 5.74) is 6.88. The minimum absolute atomic E-state index is 0.0867. The van der Waals surface area contributed by atoms with Gasteiger partial charge in [-0.3, -0.25) is 9.69 Å². The molecule has 2 saturated heterocycles. The lowest BCUT2D eigenvalue weighted by Gasteiger charge is -2.38. The van der Waals surface area contributed by atoms with E-state index in [-0.39, 0.29) is 11.9 Å². The first-order valence-corrected chi connectivity index (χ1v) is 12.1. The molecule has 2 heterocycles. The summed E-state index contributed by atoms with van der Waals surface area (Å²) >= 11 is 2.00. The minimum Gasteiger partial charge on any atom is -0.352 e. The van der Waals surface area contributed by atoms with Crippen LogP contribution in [0.15, 0.2) is 0 Å². The van der Waals surface area contributed by atoms with Crippen LogP contribution in [-0.4, -0.2) is 66.0 Å². The van der Waals surface area contributed by atoms with Gasteiger partial charge >= 0.3 is 0 Å². The van der Waals surface area contributed by atoms with E-state index in [4.69, 9.17) is 0 Å². The van der Waals surface area contributed by atoms with Gasteiger partial charge in [0.15, 0.2) is 0 Å². The maximum Gasteiger partial charge on any atom is 0.238 e.